The highest BCUT2D eigenvalue weighted by molar-refractivity contribution is 5.96. The van der Waals surface area contributed by atoms with Crippen molar-refractivity contribution in [1.29, 1.82) is 0 Å². The zero-order chi connectivity index (χ0) is 39.5. The van der Waals surface area contributed by atoms with E-state index in [2.05, 4.69) is 24.1 Å². The van der Waals surface area contributed by atoms with Crippen molar-refractivity contribution in [3.63, 3.8) is 0 Å². The van der Waals surface area contributed by atoms with Crippen molar-refractivity contribution in [3.8, 4) is 17.2 Å². The van der Waals surface area contributed by atoms with Crippen LogP contribution < -0.4 is 24.8 Å². The summed E-state index contributed by atoms with van der Waals surface area (Å²) < 4.78 is 23.8. The Balaban J connectivity index is 1.20. The van der Waals surface area contributed by atoms with Crippen LogP contribution in [0.2, 0.25) is 0 Å². The number of hydrogen-bond donors (Lipinski definition) is 1. The zero-order valence-electron chi connectivity index (χ0n) is 32.7. The molecule has 2 heterocycles. The van der Waals surface area contributed by atoms with Crippen LogP contribution in [0.25, 0.3) is 0 Å². The van der Waals surface area contributed by atoms with Gasteiger partial charge in [0.05, 0.1) is 43.8 Å². The van der Waals surface area contributed by atoms with E-state index in [1.54, 1.807) is 29.2 Å². The summed E-state index contributed by atoms with van der Waals surface area (Å²) >= 11 is 0. The summed E-state index contributed by atoms with van der Waals surface area (Å²) in [6.45, 7) is 9.35. The number of carbonyl (C=O) groups is 3. The van der Waals surface area contributed by atoms with Gasteiger partial charge in [0, 0.05) is 49.4 Å². The van der Waals surface area contributed by atoms with E-state index in [4.69, 9.17) is 29.7 Å². The molecule has 2 amide bonds. The number of unbranched alkanes of at least 4 members (excludes halogenated alkanes) is 2. The van der Waals surface area contributed by atoms with E-state index in [1.807, 2.05) is 58.4 Å². The molecule has 2 N–H and O–H groups in total. The zero-order valence-corrected chi connectivity index (χ0v) is 32.7. The largest absolute Gasteiger partial charge is 0.493 e. The number of ether oxygens (including phenoxy) is 4. The number of aliphatic imine (C=N–C) groups is 1. The molecule has 3 aromatic carbocycles. The molecule has 0 aromatic heterocycles. The number of likely N-dealkylation sites (N-methyl/N-ethyl adjacent to an activating group) is 1. The van der Waals surface area contributed by atoms with Crippen molar-refractivity contribution < 1.29 is 33.3 Å². The summed E-state index contributed by atoms with van der Waals surface area (Å²) in [6, 6.07) is 14.3. The van der Waals surface area contributed by atoms with E-state index in [0.29, 0.717) is 48.9 Å². The molecule has 12 nitrogen and oxygen atoms in total. The lowest BCUT2D eigenvalue weighted by Crippen LogP contribution is -2.42. The first-order chi connectivity index (χ1) is 26.5. The predicted molar refractivity (Wildman–Crippen MR) is 216 cm³/mol. The van der Waals surface area contributed by atoms with Crippen LogP contribution in [0, 0.1) is 13.8 Å². The summed E-state index contributed by atoms with van der Waals surface area (Å²) in [4.78, 5) is 47.5. The molecule has 1 unspecified atom stereocenters. The Labute approximate surface area is 324 Å². The van der Waals surface area contributed by atoms with Gasteiger partial charge in [0.15, 0.2) is 17.8 Å². The third kappa shape index (κ3) is 10.7. The van der Waals surface area contributed by atoms with E-state index in [9.17, 15) is 14.4 Å². The summed E-state index contributed by atoms with van der Waals surface area (Å²) in [7, 11) is 3.49. The number of nitrogens with two attached hydrogens (primary N) is 1. The Morgan fingerprint density at radius 1 is 0.891 bits per heavy atom. The SMILES string of the molecule is COc1cc(C=O)c(N(C[C@@H]2CC(C)=CN2C)C(=O)OCc2ccc(N)cc2)cc1OCCCCCOc1cc(N=CC2CC(C)=CN2C=O)c(C)cc1C. The average molecular weight is 752 g/mol. The van der Waals surface area contributed by atoms with Crippen LogP contribution in [0.4, 0.5) is 21.9 Å². The quantitative estimate of drug-likeness (QED) is 0.0595. The molecule has 0 spiro atoms. The normalized spacial score (nSPS) is 16.5. The maximum absolute atomic E-state index is 13.8. The third-order valence-electron chi connectivity index (χ3n) is 9.83. The number of methoxy groups -OCH3 is 1. The minimum Gasteiger partial charge on any atom is -0.493 e. The number of hydrogen-bond acceptors (Lipinski definition) is 10. The van der Waals surface area contributed by atoms with E-state index in [1.165, 1.54) is 17.6 Å². The Bertz CT molecular complexity index is 1920. The third-order valence-corrected chi connectivity index (χ3v) is 9.83. The van der Waals surface area contributed by atoms with E-state index in [0.717, 1.165) is 72.2 Å². The van der Waals surface area contributed by atoms with E-state index in [-0.39, 0.29) is 24.3 Å². The number of nitrogens with zero attached hydrogens (tertiary/aromatic N) is 4. The van der Waals surface area contributed by atoms with E-state index < -0.39 is 6.09 Å². The van der Waals surface area contributed by atoms with Gasteiger partial charge in [-0.3, -0.25) is 19.5 Å². The van der Waals surface area contributed by atoms with Gasteiger partial charge in [-0.05, 0) is 101 Å². The van der Waals surface area contributed by atoms with Gasteiger partial charge in [-0.1, -0.05) is 29.3 Å². The van der Waals surface area contributed by atoms with Crippen LogP contribution >= 0.6 is 0 Å². The molecular formula is C43H53N5O7. The number of aryl methyl sites for hydroxylation is 2. The average Bonchev–Trinajstić information content (AvgIpc) is 3.70. The second-order valence-corrected chi connectivity index (χ2v) is 14.3. The first-order valence-corrected chi connectivity index (χ1v) is 18.7. The van der Waals surface area contributed by atoms with Gasteiger partial charge in [0.1, 0.15) is 12.4 Å². The number of amides is 2. The molecule has 2 atom stereocenters. The van der Waals surface area contributed by atoms with Gasteiger partial charge < -0.3 is 34.5 Å². The summed E-state index contributed by atoms with van der Waals surface area (Å²) in [6.07, 6.45) is 10.6. The molecule has 0 saturated carbocycles. The molecule has 3 aromatic rings. The van der Waals surface area contributed by atoms with Crippen LogP contribution in [0.15, 0.2) is 77.1 Å². The predicted octanol–water partition coefficient (Wildman–Crippen LogP) is 7.92. The lowest BCUT2D eigenvalue weighted by atomic mass is 10.1. The van der Waals surface area contributed by atoms with Crippen LogP contribution in [0.5, 0.6) is 17.2 Å². The standard InChI is InChI=1S/C43H53N5O7/c1-29-17-37(46(5)23-29)25-48(43(51)55-27-33-10-12-35(44)13-11-33)39-21-42(41(52-6)19-34(39)26-49)54-15-9-7-8-14-53-40-20-38(31(3)18-32(40)4)45-22-36-16-30(2)24-47(36)28-50/h10-13,18-24,26,28,36-37H,7-9,14-17,25,27,44H2,1-6H3/t36?,37-/m0/s1. The number of rotatable bonds is 18. The maximum Gasteiger partial charge on any atom is 0.414 e. The highest BCUT2D eigenvalue weighted by atomic mass is 16.6. The smallest absolute Gasteiger partial charge is 0.414 e. The molecule has 0 bridgehead atoms. The number of nitrogen functional groups attached to an aromatic ring is 1. The molecule has 292 valence electrons. The minimum atomic E-state index is -0.581. The molecule has 0 aliphatic carbocycles. The highest BCUT2D eigenvalue weighted by Crippen LogP contribution is 2.36. The monoisotopic (exact) mass is 751 g/mol. The van der Waals surface area contributed by atoms with Gasteiger partial charge in [-0.2, -0.15) is 0 Å². The molecule has 5 rings (SSSR count). The van der Waals surface area contributed by atoms with Crippen molar-refractivity contribution in [2.24, 2.45) is 4.99 Å². The second kappa shape index (κ2) is 19.0. The molecule has 2 aliphatic rings. The minimum absolute atomic E-state index is 0.00606. The Hall–Kier alpha value is -5.78. The van der Waals surface area contributed by atoms with Crippen molar-refractivity contribution in [1.82, 2.24) is 9.80 Å². The summed E-state index contributed by atoms with van der Waals surface area (Å²) in [5.74, 6) is 1.60. The number of anilines is 2. The molecule has 0 radical (unpaired) electrons. The molecular weight excluding hydrogens is 699 g/mol. The van der Waals surface area contributed by atoms with E-state index >= 15 is 0 Å². The Morgan fingerprint density at radius 2 is 1.60 bits per heavy atom. The van der Waals surface area contributed by atoms with Crippen molar-refractivity contribution >= 4 is 42.1 Å². The van der Waals surface area contributed by atoms with Crippen LogP contribution in [-0.2, 0) is 16.1 Å². The highest BCUT2D eigenvalue weighted by Gasteiger charge is 2.29. The summed E-state index contributed by atoms with van der Waals surface area (Å²) in [5, 5.41) is 0. The second-order valence-electron chi connectivity index (χ2n) is 14.3. The fourth-order valence-electron chi connectivity index (χ4n) is 6.80. The molecule has 0 fully saturated rings. The van der Waals surface area contributed by atoms with Crippen LogP contribution in [0.1, 0.15) is 73.0 Å². The lowest BCUT2D eigenvalue weighted by molar-refractivity contribution is -0.116. The van der Waals surface area contributed by atoms with Crippen molar-refractivity contribution in [2.75, 3.05) is 44.5 Å². The fraction of sp³-hybridized carbons (Fsp3) is 0.395. The summed E-state index contributed by atoms with van der Waals surface area (Å²) in [5.41, 5.74) is 13.1. The van der Waals surface area contributed by atoms with Gasteiger partial charge >= 0.3 is 6.09 Å². The molecule has 12 heteroatoms. The van der Waals surface area contributed by atoms with Gasteiger partial charge in [0.2, 0.25) is 6.41 Å². The lowest BCUT2D eigenvalue weighted by Gasteiger charge is -2.30. The van der Waals surface area contributed by atoms with Gasteiger partial charge in [-0.25, -0.2) is 4.79 Å². The van der Waals surface area contributed by atoms with Crippen LogP contribution in [-0.4, -0.2) is 80.8 Å². The van der Waals surface area contributed by atoms with Crippen molar-refractivity contribution in [3.05, 3.63) is 94.3 Å². The molecule has 2 aliphatic heterocycles. The van der Waals surface area contributed by atoms with Crippen LogP contribution in [0.3, 0.4) is 0 Å². The molecule has 55 heavy (non-hydrogen) atoms. The first-order valence-electron chi connectivity index (χ1n) is 18.7. The number of benzene rings is 3. The van der Waals surface area contributed by atoms with Gasteiger partial charge in [-0.15, -0.1) is 0 Å². The Kier molecular flexibility index (Phi) is 14.0. The van der Waals surface area contributed by atoms with Gasteiger partial charge in [0.25, 0.3) is 0 Å². The topological polar surface area (TPSA) is 136 Å². The number of carbonyl (C=O) groups excluding carboxylic acids is 3. The van der Waals surface area contributed by atoms with Crippen molar-refractivity contribution in [2.45, 2.75) is 78.5 Å². The molecule has 0 saturated heterocycles. The first kappa shape index (κ1) is 40.4. The fourth-order valence-corrected chi connectivity index (χ4v) is 6.80. The Morgan fingerprint density at radius 3 is 2.25 bits per heavy atom. The maximum atomic E-state index is 13.8. The number of aldehydes is 1.